The van der Waals surface area contributed by atoms with E-state index in [1.165, 1.54) is 37.0 Å². The SMILES string of the molecule is CC(=O)c1cn([C@@H]2OC([C@H](NC(=O)[C@@H](N)[C@H](C)[C@H](O)c3ccc(O)cn3)C(=O)O)[C@H](O)[C@@H]2O)c(=O)[nH]1.CCC(C)n1ncn(-c2ccc(N3CCN(c4ccc(OC[C@H]5CO[C@](Cn6cncn6)(c6ccc(Cl)cc6Cl)O5)cc4)CC3)cc2)c1=O. The molecule has 3 fully saturated rings. The number of aliphatic hydroxyl groups excluding tert-OH is 3. The number of aliphatic hydroxyl groups is 3. The molecule has 0 radical (unpaired) electrons. The number of carboxylic acid groups (broad SMARTS) is 1. The average molecular weight is 1220 g/mol. The van der Waals surface area contributed by atoms with E-state index >= 15 is 0 Å². The van der Waals surface area contributed by atoms with Crippen molar-refractivity contribution in [1.82, 2.24) is 49.0 Å². The molecule has 452 valence electrons. The number of amides is 1. The lowest BCUT2D eigenvalue weighted by molar-refractivity contribution is -0.190. The van der Waals surface area contributed by atoms with E-state index in [1.807, 2.05) is 44.2 Å². The minimum atomic E-state index is -1.91. The maximum atomic E-state index is 12.8. The first-order valence-electron chi connectivity index (χ1n) is 27.2. The molecule has 0 bridgehead atoms. The summed E-state index contributed by atoms with van der Waals surface area (Å²) in [7, 11) is 0. The minimum Gasteiger partial charge on any atom is -0.506 e. The molecule has 11 atom stereocenters. The highest BCUT2D eigenvalue weighted by molar-refractivity contribution is 6.35. The van der Waals surface area contributed by atoms with Crippen molar-refractivity contribution in [2.45, 2.75) is 101 Å². The summed E-state index contributed by atoms with van der Waals surface area (Å²) >= 11 is 12.7. The molecular formula is C56H65Cl2N13O14. The van der Waals surface area contributed by atoms with E-state index in [1.54, 1.807) is 34.0 Å². The van der Waals surface area contributed by atoms with Crippen molar-refractivity contribution < 1.29 is 58.9 Å². The van der Waals surface area contributed by atoms with Gasteiger partial charge in [0.2, 0.25) is 11.7 Å². The van der Waals surface area contributed by atoms with Crippen molar-refractivity contribution in [3.8, 4) is 17.2 Å². The molecule has 7 aromatic rings. The molecule has 2 unspecified atom stereocenters. The van der Waals surface area contributed by atoms with Crippen LogP contribution in [0.5, 0.6) is 11.5 Å². The van der Waals surface area contributed by atoms with Crippen LogP contribution < -0.4 is 37.0 Å². The number of anilines is 2. The number of aromatic hydroxyl groups is 1. The number of halogens is 2. The molecule has 4 aromatic heterocycles. The summed E-state index contributed by atoms with van der Waals surface area (Å²) in [5.41, 5.74) is 8.74. The minimum absolute atomic E-state index is 0.0645. The van der Waals surface area contributed by atoms with Gasteiger partial charge >= 0.3 is 17.3 Å². The molecule has 3 saturated heterocycles. The number of carboxylic acids is 1. The zero-order valence-corrected chi connectivity index (χ0v) is 48.1. The highest BCUT2D eigenvalue weighted by Crippen LogP contribution is 2.41. The van der Waals surface area contributed by atoms with E-state index < -0.39 is 77.8 Å². The van der Waals surface area contributed by atoms with Gasteiger partial charge in [-0.2, -0.15) is 10.2 Å². The third-order valence-corrected chi connectivity index (χ3v) is 15.7. The zero-order chi connectivity index (χ0) is 60.9. The van der Waals surface area contributed by atoms with E-state index in [9.17, 15) is 49.5 Å². The number of ether oxygens (including phenoxy) is 4. The van der Waals surface area contributed by atoms with Gasteiger partial charge in [-0.3, -0.25) is 19.1 Å². The molecule has 3 aliphatic heterocycles. The predicted octanol–water partition coefficient (Wildman–Crippen LogP) is 2.94. The molecule has 27 nitrogen and oxygen atoms in total. The fourth-order valence-electron chi connectivity index (χ4n) is 10.0. The summed E-state index contributed by atoms with van der Waals surface area (Å²) in [6.07, 6.45) is -0.906. The summed E-state index contributed by atoms with van der Waals surface area (Å²) < 4.78 is 29.9. The Kier molecular flexibility index (Phi) is 19.2. The molecule has 29 heteroatoms. The summed E-state index contributed by atoms with van der Waals surface area (Å²) in [4.78, 5) is 76.1. The van der Waals surface area contributed by atoms with Crippen LogP contribution >= 0.6 is 23.2 Å². The molecule has 1 amide bonds. The number of Topliss-reactive ketones (excluding diaryl/α,β-unsaturated/α-hetero) is 1. The second-order valence-electron chi connectivity index (χ2n) is 20.8. The predicted molar refractivity (Wildman–Crippen MR) is 307 cm³/mol. The molecule has 85 heavy (non-hydrogen) atoms. The van der Waals surface area contributed by atoms with Crippen LogP contribution in [0.1, 0.15) is 74.2 Å². The van der Waals surface area contributed by atoms with Gasteiger partial charge in [0.05, 0.1) is 41.3 Å². The van der Waals surface area contributed by atoms with Crippen molar-refractivity contribution in [1.29, 1.82) is 0 Å². The lowest BCUT2D eigenvalue weighted by Crippen LogP contribution is -2.57. The Hall–Kier alpha value is -7.99. The Bertz CT molecular complexity index is 3540. The molecule has 7 heterocycles. The van der Waals surface area contributed by atoms with Crippen LogP contribution in [0.3, 0.4) is 0 Å². The number of carbonyl (C=O) groups excluding carboxylic acids is 2. The third kappa shape index (κ3) is 13.8. The summed E-state index contributed by atoms with van der Waals surface area (Å²) in [6, 6.07) is 20.8. The van der Waals surface area contributed by atoms with Gasteiger partial charge in [0.15, 0.2) is 18.1 Å². The fourth-order valence-corrected chi connectivity index (χ4v) is 10.6. The van der Waals surface area contributed by atoms with Crippen LogP contribution in [0.4, 0.5) is 11.4 Å². The molecule has 10 rings (SSSR count). The van der Waals surface area contributed by atoms with Crippen molar-refractivity contribution in [2.75, 3.05) is 49.2 Å². The maximum Gasteiger partial charge on any atom is 0.350 e. The van der Waals surface area contributed by atoms with Crippen molar-refractivity contribution in [3.63, 3.8) is 0 Å². The summed E-state index contributed by atoms with van der Waals surface area (Å²) in [6.45, 7) is 11.1. The van der Waals surface area contributed by atoms with Gasteiger partial charge in [0, 0.05) is 67.2 Å². The number of rotatable bonds is 20. The quantitative estimate of drug-likeness (QED) is 0.0509. The average Bonchev–Trinajstić information content (AvgIpc) is 3.70. The Balaban J connectivity index is 0.000000214. The topological polar surface area (TPSA) is 355 Å². The maximum absolute atomic E-state index is 12.8. The molecule has 0 saturated carbocycles. The molecule has 3 aromatic carbocycles. The van der Waals surface area contributed by atoms with Crippen LogP contribution in [0.15, 0.2) is 120 Å². The lowest BCUT2D eigenvalue weighted by Gasteiger charge is -2.37. The van der Waals surface area contributed by atoms with Gasteiger partial charge in [-0.15, -0.1) is 0 Å². The lowest BCUT2D eigenvalue weighted by atomic mass is 9.92. The number of hydrogen-bond acceptors (Lipinski definition) is 20. The third-order valence-electron chi connectivity index (χ3n) is 15.2. The van der Waals surface area contributed by atoms with Gasteiger partial charge in [-0.05, 0) is 86.1 Å². The largest absolute Gasteiger partial charge is 0.506 e. The number of aromatic amines is 1. The number of imidazole rings is 1. The second kappa shape index (κ2) is 26.5. The number of benzene rings is 3. The van der Waals surface area contributed by atoms with E-state index in [0.29, 0.717) is 28.8 Å². The highest BCUT2D eigenvalue weighted by atomic mass is 35.5. The first-order valence-corrected chi connectivity index (χ1v) is 27.9. The zero-order valence-electron chi connectivity index (χ0n) is 46.5. The van der Waals surface area contributed by atoms with Crippen LogP contribution in [-0.4, -0.2) is 163 Å². The van der Waals surface area contributed by atoms with Crippen LogP contribution in [0, 0.1) is 5.92 Å². The normalized spacial score (nSPS) is 22.2. The van der Waals surface area contributed by atoms with Crippen molar-refractivity contribution >= 4 is 52.2 Å². The van der Waals surface area contributed by atoms with Gasteiger partial charge in [0.25, 0.3) is 0 Å². The Morgan fingerprint density at radius 1 is 0.918 bits per heavy atom. The Morgan fingerprint density at radius 3 is 2.18 bits per heavy atom. The second-order valence-corrected chi connectivity index (χ2v) is 21.6. The van der Waals surface area contributed by atoms with Gasteiger partial charge < -0.3 is 70.3 Å². The number of aromatic nitrogens is 9. The number of nitrogens with two attached hydrogens (primary N) is 1. The molecule has 9 N–H and O–H groups in total. The molecule has 0 spiro atoms. The number of carbonyl (C=O) groups is 3. The number of H-pyrrole nitrogens is 1. The van der Waals surface area contributed by atoms with Crippen LogP contribution in [-0.2, 0) is 36.1 Å². The fraction of sp³-hybridized carbons (Fsp3) is 0.411. The van der Waals surface area contributed by atoms with Crippen molar-refractivity contribution in [3.05, 3.63) is 158 Å². The van der Waals surface area contributed by atoms with Gasteiger partial charge in [-0.25, -0.2) is 33.3 Å². The number of pyridine rings is 1. The van der Waals surface area contributed by atoms with Crippen LogP contribution in [0.2, 0.25) is 10.0 Å². The Morgan fingerprint density at radius 2 is 1.59 bits per heavy atom. The van der Waals surface area contributed by atoms with Crippen LogP contribution in [0.25, 0.3) is 5.69 Å². The number of aliphatic carboxylic acids is 1. The van der Waals surface area contributed by atoms with E-state index in [0.717, 1.165) is 72.4 Å². The van der Waals surface area contributed by atoms with E-state index in [-0.39, 0.29) is 41.5 Å². The monoisotopic (exact) mass is 1210 g/mol. The van der Waals surface area contributed by atoms with Gasteiger partial charge in [-0.1, -0.05) is 43.1 Å². The number of nitrogens with one attached hydrogen (secondary N) is 2. The summed E-state index contributed by atoms with van der Waals surface area (Å²) in [5, 5.41) is 62.0. The first-order chi connectivity index (χ1) is 40.6. The molecule has 3 aliphatic rings. The van der Waals surface area contributed by atoms with E-state index in [4.69, 9.17) is 47.9 Å². The highest BCUT2D eigenvalue weighted by Gasteiger charge is 2.51. The standard InChI is InChI=1S/C35H38Cl2N8O4.C21H27N5O10/c1-3-25(2)45-34(46)44(24-40-45)29-7-5-27(6-8-29)41-14-16-42(17-15-41)28-9-11-30(12-10-28)47-19-31-20-48-35(49-31,21-43-23-38-22-39-43)32-13-4-26(36)18-33(32)37;1-7(14(29)10-4-3-9(28)5-23-10)12(22)18(32)25-13(20(33)34)17-15(30)16(31)19(36-17)26-6-11(8(2)27)24-21(26)35/h4-13,18,22-25,31H,3,14-17,19-21H2,1-2H3;3-7,12-17,19,28-31H,22H2,1-2H3,(H,24,35)(H,25,32)(H,33,34)/t25?,31-,35-;7-,12-,13-,14-,15+,16-,17?,19+/m00/s1. The number of ketones is 1. The first kappa shape index (κ1) is 61.6. The van der Waals surface area contributed by atoms with E-state index in [2.05, 4.69) is 64.5 Å². The van der Waals surface area contributed by atoms with Gasteiger partial charge in [0.1, 0.15) is 79.8 Å². The van der Waals surface area contributed by atoms with Crippen molar-refractivity contribution in [2.24, 2.45) is 11.7 Å². The number of hydrogen-bond donors (Lipinski definition) is 8. The Labute approximate surface area is 495 Å². The number of piperazine rings is 1. The molecular weight excluding hydrogens is 1150 g/mol. The molecule has 0 aliphatic carbocycles. The number of nitrogens with zero attached hydrogens (tertiary/aromatic N) is 10. The summed E-state index contributed by atoms with van der Waals surface area (Å²) in [5.74, 6) is -4.65. The smallest absolute Gasteiger partial charge is 0.350 e.